The molecule has 1 saturated carbocycles. The third-order valence-corrected chi connectivity index (χ3v) is 7.39. The third kappa shape index (κ3) is 4.01. The Kier molecular flexibility index (Phi) is 5.01. The van der Waals surface area contributed by atoms with E-state index in [0.717, 1.165) is 6.07 Å². The number of nitrogen functional groups attached to an aromatic ring is 1. The molecule has 2 aromatic carbocycles. The second-order valence-electron chi connectivity index (χ2n) is 7.08. The van der Waals surface area contributed by atoms with E-state index in [2.05, 4.69) is 15.2 Å². The first kappa shape index (κ1) is 20.7. The van der Waals surface area contributed by atoms with Gasteiger partial charge < -0.3 is 5.73 Å². The van der Waals surface area contributed by atoms with E-state index in [1.54, 1.807) is 0 Å². The molecule has 0 amide bonds. The Morgan fingerprint density at radius 2 is 1.83 bits per heavy atom. The molecule has 6 nitrogen and oxygen atoms in total. The van der Waals surface area contributed by atoms with E-state index >= 15 is 0 Å². The molecule has 0 unspecified atom stereocenters. The average Bonchev–Trinajstić information content (AvgIpc) is 3.45. The van der Waals surface area contributed by atoms with Gasteiger partial charge >= 0.3 is 6.18 Å². The summed E-state index contributed by atoms with van der Waals surface area (Å²) >= 11 is 6.25. The van der Waals surface area contributed by atoms with Gasteiger partial charge in [-0.2, -0.15) is 18.2 Å². The zero-order valence-electron chi connectivity index (χ0n) is 15.4. The molecule has 1 aliphatic carbocycles. The van der Waals surface area contributed by atoms with Crippen molar-refractivity contribution in [2.24, 2.45) is 0 Å². The first-order chi connectivity index (χ1) is 14.1. The molecule has 0 bridgehead atoms. The predicted molar refractivity (Wildman–Crippen MR) is 106 cm³/mol. The van der Waals surface area contributed by atoms with E-state index in [4.69, 9.17) is 17.3 Å². The van der Waals surface area contributed by atoms with Crippen LogP contribution in [0.3, 0.4) is 0 Å². The van der Waals surface area contributed by atoms with E-state index in [1.165, 1.54) is 30.3 Å². The minimum absolute atomic E-state index is 0.00926. The fourth-order valence-electron chi connectivity index (χ4n) is 3.25. The van der Waals surface area contributed by atoms with Crippen molar-refractivity contribution in [2.75, 3.05) is 5.73 Å². The number of aromatic amines is 1. The van der Waals surface area contributed by atoms with Crippen LogP contribution in [0.2, 0.25) is 5.02 Å². The number of aromatic nitrogens is 3. The molecular formula is C19H16ClF3N4O2S. The molecule has 30 heavy (non-hydrogen) atoms. The van der Waals surface area contributed by atoms with Gasteiger partial charge in [-0.1, -0.05) is 23.7 Å². The van der Waals surface area contributed by atoms with Gasteiger partial charge in [0.05, 0.1) is 15.7 Å². The number of sulfone groups is 1. The van der Waals surface area contributed by atoms with Crippen molar-refractivity contribution in [3.8, 4) is 11.1 Å². The number of benzene rings is 2. The largest absolute Gasteiger partial charge is 0.417 e. The molecule has 0 saturated heterocycles. The third-order valence-electron chi connectivity index (χ3n) is 4.81. The summed E-state index contributed by atoms with van der Waals surface area (Å²) in [5.74, 6) is 0.295. The summed E-state index contributed by atoms with van der Waals surface area (Å²) in [6, 6.07) is 7.76. The maximum Gasteiger partial charge on any atom is 0.417 e. The monoisotopic (exact) mass is 456 g/mol. The SMILES string of the molecule is Nc1n[nH]c(Cc2cc(Cl)c(-c3ccc(S(=O)(=O)C4CC4)cc3)c(C(F)(F)F)c2)n1. The Balaban J connectivity index is 1.75. The van der Waals surface area contributed by atoms with Crippen LogP contribution in [0.4, 0.5) is 19.1 Å². The molecule has 1 aliphatic rings. The molecule has 1 aromatic heterocycles. The van der Waals surface area contributed by atoms with Crippen molar-refractivity contribution >= 4 is 27.4 Å². The first-order valence-electron chi connectivity index (χ1n) is 8.96. The van der Waals surface area contributed by atoms with Crippen LogP contribution in [0.1, 0.15) is 29.8 Å². The van der Waals surface area contributed by atoms with E-state index in [-0.39, 0.29) is 39.0 Å². The van der Waals surface area contributed by atoms with Crippen LogP contribution in [0.15, 0.2) is 41.3 Å². The van der Waals surface area contributed by atoms with Gasteiger partial charge in [-0.05, 0) is 48.2 Å². The average molecular weight is 457 g/mol. The number of hydrogen-bond acceptors (Lipinski definition) is 5. The summed E-state index contributed by atoms with van der Waals surface area (Å²) in [6.07, 6.45) is -3.43. The van der Waals surface area contributed by atoms with Crippen LogP contribution in [0, 0.1) is 0 Å². The molecule has 4 rings (SSSR count). The normalized spacial score (nSPS) is 14.8. The molecule has 158 valence electrons. The zero-order chi connectivity index (χ0) is 21.7. The second kappa shape index (κ2) is 7.28. The Bertz CT molecular complexity index is 1200. The maximum atomic E-state index is 13.8. The summed E-state index contributed by atoms with van der Waals surface area (Å²) in [7, 11) is -3.43. The lowest BCUT2D eigenvalue weighted by atomic mass is 9.96. The van der Waals surface area contributed by atoms with Gasteiger partial charge in [-0.15, -0.1) is 5.10 Å². The summed E-state index contributed by atoms with van der Waals surface area (Å²) in [5.41, 5.74) is 4.75. The minimum Gasteiger partial charge on any atom is -0.367 e. The fraction of sp³-hybridized carbons (Fsp3) is 0.263. The highest BCUT2D eigenvalue weighted by Crippen LogP contribution is 2.42. The van der Waals surface area contributed by atoms with Crippen molar-refractivity contribution in [1.82, 2.24) is 15.2 Å². The van der Waals surface area contributed by atoms with Crippen molar-refractivity contribution < 1.29 is 21.6 Å². The van der Waals surface area contributed by atoms with Crippen molar-refractivity contribution in [3.05, 3.63) is 58.4 Å². The lowest BCUT2D eigenvalue weighted by Gasteiger charge is -2.17. The highest BCUT2D eigenvalue weighted by molar-refractivity contribution is 7.92. The van der Waals surface area contributed by atoms with Crippen molar-refractivity contribution in [3.63, 3.8) is 0 Å². The smallest absolute Gasteiger partial charge is 0.367 e. The van der Waals surface area contributed by atoms with E-state index < -0.39 is 26.8 Å². The van der Waals surface area contributed by atoms with Gasteiger partial charge in [-0.25, -0.2) is 8.42 Å². The summed E-state index contributed by atoms with van der Waals surface area (Å²) in [4.78, 5) is 3.99. The summed E-state index contributed by atoms with van der Waals surface area (Å²) < 4.78 is 66.1. The molecule has 1 heterocycles. The summed E-state index contributed by atoms with van der Waals surface area (Å²) in [5, 5.41) is 5.69. The lowest BCUT2D eigenvalue weighted by molar-refractivity contribution is -0.137. The second-order valence-corrected chi connectivity index (χ2v) is 9.72. The highest BCUT2D eigenvalue weighted by Gasteiger charge is 2.38. The predicted octanol–water partition coefficient (Wildman–Crippen LogP) is 4.25. The Hall–Kier alpha value is -2.59. The number of nitrogens with zero attached hydrogens (tertiary/aromatic N) is 2. The fourth-order valence-corrected chi connectivity index (χ4v) is 5.25. The zero-order valence-corrected chi connectivity index (χ0v) is 16.9. The molecule has 0 aliphatic heterocycles. The molecular weight excluding hydrogens is 441 g/mol. The van der Waals surface area contributed by atoms with Crippen LogP contribution >= 0.6 is 11.6 Å². The van der Waals surface area contributed by atoms with Crippen molar-refractivity contribution in [2.45, 2.75) is 35.6 Å². The standard InChI is InChI=1S/C19H16ClF3N4O2S/c20-15-8-10(9-16-25-18(24)27-26-16)7-14(19(21,22)23)17(15)11-1-3-12(4-2-11)30(28,29)13-5-6-13/h1-4,7-8,13H,5-6,9H2,(H3,24,25,26,27). The van der Waals surface area contributed by atoms with Crippen LogP contribution in [-0.2, 0) is 22.4 Å². The maximum absolute atomic E-state index is 13.8. The van der Waals surface area contributed by atoms with E-state index in [9.17, 15) is 21.6 Å². The number of halogens is 4. The molecule has 11 heteroatoms. The van der Waals surface area contributed by atoms with Crippen LogP contribution in [0.5, 0.6) is 0 Å². The Morgan fingerprint density at radius 3 is 2.37 bits per heavy atom. The molecule has 0 radical (unpaired) electrons. The molecule has 0 spiro atoms. The Labute approximate surface area is 175 Å². The van der Waals surface area contributed by atoms with Gasteiger partial charge in [0.1, 0.15) is 5.82 Å². The van der Waals surface area contributed by atoms with Gasteiger partial charge in [0.15, 0.2) is 9.84 Å². The number of alkyl halides is 3. The van der Waals surface area contributed by atoms with Crippen LogP contribution in [-0.4, -0.2) is 28.8 Å². The number of nitrogens with two attached hydrogens (primary N) is 1. The molecule has 3 N–H and O–H groups in total. The minimum atomic E-state index is -4.67. The van der Waals surface area contributed by atoms with Gasteiger partial charge in [0.2, 0.25) is 5.95 Å². The quantitative estimate of drug-likeness (QED) is 0.597. The van der Waals surface area contributed by atoms with Crippen molar-refractivity contribution in [1.29, 1.82) is 0 Å². The number of H-pyrrole nitrogens is 1. The highest BCUT2D eigenvalue weighted by atomic mass is 35.5. The topological polar surface area (TPSA) is 102 Å². The van der Waals surface area contributed by atoms with Gasteiger partial charge in [0, 0.05) is 17.0 Å². The van der Waals surface area contributed by atoms with Gasteiger partial charge in [-0.3, -0.25) is 5.10 Å². The molecule has 0 atom stereocenters. The molecule has 3 aromatic rings. The first-order valence-corrected chi connectivity index (χ1v) is 10.9. The van der Waals surface area contributed by atoms with E-state index in [1.807, 2.05) is 0 Å². The Morgan fingerprint density at radius 1 is 1.17 bits per heavy atom. The van der Waals surface area contributed by atoms with Crippen LogP contribution in [0.25, 0.3) is 11.1 Å². The number of rotatable bonds is 5. The molecule has 1 fully saturated rings. The number of nitrogens with one attached hydrogen (secondary N) is 1. The number of anilines is 1. The summed E-state index contributed by atoms with van der Waals surface area (Å²) in [6.45, 7) is 0. The van der Waals surface area contributed by atoms with Crippen LogP contribution < -0.4 is 5.73 Å². The van der Waals surface area contributed by atoms with Gasteiger partial charge in [0.25, 0.3) is 0 Å². The number of hydrogen-bond donors (Lipinski definition) is 2. The lowest BCUT2D eigenvalue weighted by Crippen LogP contribution is -2.10. The van der Waals surface area contributed by atoms with E-state index in [0.29, 0.717) is 18.7 Å².